The van der Waals surface area contributed by atoms with Crippen LogP contribution < -0.4 is 10.6 Å². The molecule has 2 N–H and O–H groups in total. The van der Waals surface area contributed by atoms with Gasteiger partial charge in [-0.05, 0) is 41.5 Å². The molecule has 152 valence electrons. The number of carbonyl (C=O) groups excluding carboxylic acids is 3. The number of anilines is 1. The number of rotatable bonds is 6. The highest BCUT2D eigenvalue weighted by atomic mass is 32.2. The van der Waals surface area contributed by atoms with Gasteiger partial charge in [0.05, 0.1) is 12.3 Å². The predicted molar refractivity (Wildman–Crippen MR) is 112 cm³/mol. The first-order chi connectivity index (χ1) is 14.6. The molecular weight excluding hydrogens is 404 g/mol. The van der Waals surface area contributed by atoms with E-state index in [2.05, 4.69) is 20.7 Å². The Morgan fingerprint density at radius 2 is 1.93 bits per heavy atom. The van der Waals surface area contributed by atoms with E-state index >= 15 is 0 Å². The number of benzene rings is 1. The molecular formula is C20H18N6O3S. The van der Waals surface area contributed by atoms with Crippen LogP contribution in [0.3, 0.4) is 0 Å². The lowest BCUT2D eigenvalue weighted by molar-refractivity contribution is -0.125. The number of hydrogen-bond acceptors (Lipinski definition) is 6. The lowest BCUT2D eigenvalue weighted by Crippen LogP contribution is -2.28. The van der Waals surface area contributed by atoms with Crippen LogP contribution in [0.4, 0.5) is 15.3 Å². The van der Waals surface area contributed by atoms with Crippen LogP contribution in [0.2, 0.25) is 0 Å². The van der Waals surface area contributed by atoms with E-state index in [-0.39, 0.29) is 29.5 Å². The van der Waals surface area contributed by atoms with Crippen molar-refractivity contribution in [2.24, 2.45) is 0 Å². The highest BCUT2D eigenvalue weighted by molar-refractivity contribution is 8.14. The van der Waals surface area contributed by atoms with Crippen molar-refractivity contribution < 1.29 is 14.4 Å². The highest BCUT2D eigenvalue weighted by Gasteiger charge is 2.29. The highest BCUT2D eigenvalue weighted by Crippen LogP contribution is 2.21. The third kappa shape index (κ3) is 4.66. The van der Waals surface area contributed by atoms with Gasteiger partial charge in [-0.15, -0.1) is 0 Å². The van der Waals surface area contributed by atoms with Crippen molar-refractivity contribution in [2.75, 3.05) is 11.1 Å². The smallest absolute Gasteiger partial charge is 0.319 e. The average Bonchev–Trinajstić information content (AvgIpc) is 3.40. The molecule has 30 heavy (non-hydrogen) atoms. The monoisotopic (exact) mass is 422 g/mol. The minimum Gasteiger partial charge on any atom is -0.334 e. The number of aromatic nitrogens is 3. The number of nitrogens with zero attached hydrogens (tertiary/aromatic N) is 4. The van der Waals surface area contributed by atoms with Crippen molar-refractivity contribution in [3.8, 4) is 5.82 Å². The van der Waals surface area contributed by atoms with Gasteiger partial charge < -0.3 is 10.6 Å². The van der Waals surface area contributed by atoms with Crippen molar-refractivity contribution in [1.29, 1.82) is 0 Å². The Morgan fingerprint density at radius 3 is 2.63 bits per heavy atom. The Hall–Kier alpha value is -3.66. The molecule has 1 aliphatic rings. The second-order valence-corrected chi connectivity index (χ2v) is 7.44. The summed E-state index contributed by atoms with van der Waals surface area (Å²) in [4.78, 5) is 41.0. The summed E-state index contributed by atoms with van der Waals surface area (Å²) in [6, 6.07) is 12.1. The van der Waals surface area contributed by atoms with Gasteiger partial charge >= 0.3 is 6.03 Å². The molecule has 0 spiro atoms. The van der Waals surface area contributed by atoms with Gasteiger partial charge in [0, 0.05) is 30.8 Å². The number of urea groups is 1. The second kappa shape index (κ2) is 8.78. The Labute approximate surface area is 176 Å². The van der Waals surface area contributed by atoms with Crippen molar-refractivity contribution in [3.05, 3.63) is 72.2 Å². The lowest BCUT2D eigenvalue weighted by Gasteiger charge is -2.13. The normalized spacial score (nSPS) is 13.5. The van der Waals surface area contributed by atoms with Crippen LogP contribution in [-0.4, -0.2) is 42.6 Å². The molecule has 1 saturated heterocycles. The maximum atomic E-state index is 12.2. The summed E-state index contributed by atoms with van der Waals surface area (Å²) in [5, 5.41) is 9.47. The Kier molecular flexibility index (Phi) is 5.75. The zero-order valence-corrected chi connectivity index (χ0v) is 16.6. The molecule has 2 aromatic heterocycles. The molecule has 4 amide bonds. The van der Waals surface area contributed by atoms with E-state index in [0.717, 1.165) is 22.9 Å². The van der Waals surface area contributed by atoms with E-state index in [4.69, 9.17) is 0 Å². The lowest BCUT2D eigenvalue weighted by atomic mass is 10.2. The maximum Gasteiger partial charge on any atom is 0.319 e. The zero-order chi connectivity index (χ0) is 20.9. The van der Waals surface area contributed by atoms with Crippen LogP contribution in [0.25, 0.3) is 5.82 Å². The molecule has 0 saturated carbocycles. The molecule has 0 radical (unpaired) electrons. The maximum absolute atomic E-state index is 12.2. The van der Waals surface area contributed by atoms with Gasteiger partial charge in [0.1, 0.15) is 0 Å². The van der Waals surface area contributed by atoms with E-state index in [0.29, 0.717) is 18.1 Å². The van der Waals surface area contributed by atoms with E-state index in [1.807, 2.05) is 18.2 Å². The average molecular weight is 422 g/mol. The summed E-state index contributed by atoms with van der Waals surface area (Å²) in [5.41, 5.74) is 2.31. The van der Waals surface area contributed by atoms with Gasteiger partial charge in [-0.25, -0.2) is 14.5 Å². The molecule has 0 aliphatic carbocycles. The number of pyridine rings is 1. The molecule has 1 fully saturated rings. The Bertz CT molecular complexity index is 1050. The predicted octanol–water partition coefficient (Wildman–Crippen LogP) is 2.78. The fourth-order valence-corrected chi connectivity index (χ4v) is 3.59. The first-order valence-electron chi connectivity index (χ1n) is 9.14. The van der Waals surface area contributed by atoms with Crippen molar-refractivity contribution in [3.63, 3.8) is 0 Å². The summed E-state index contributed by atoms with van der Waals surface area (Å²) < 4.78 is 1.65. The van der Waals surface area contributed by atoms with Crippen LogP contribution in [0, 0.1) is 0 Å². The topological polar surface area (TPSA) is 109 Å². The Balaban J connectivity index is 1.30. The molecule has 10 heteroatoms. The van der Waals surface area contributed by atoms with Crippen molar-refractivity contribution in [1.82, 2.24) is 25.0 Å². The number of amides is 4. The van der Waals surface area contributed by atoms with E-state index in [9.17, 15) is 14.4 Å². The van der Waals surface area contributed by atoms with Gasteiger partial charge in [-0.3, -0.25) is 14.5 Å². The third-order valence-electron chi connectivity index (χ3n) is 4.40. The van der Waals surface area contributed by atoms with Crippen molar-refractivity contribution in [2.45, 2.75) is 13.1 Å². The largest absolute Gasteiger partial charge is 0.334 e. The van der Waals surface area contributed by atoms with E-state index in [1.54, 1.807) is 47.5 Å². The summed E-state index contributed by atoms with van der Waals surface area (Å²) in [6.07, 6.45) is 5.13. The summed E-state index contributed by atoms with van der Waals surface area (Å²) in [6.45, 7) is 0.565. The summed E-state index contributed by atoms with van der Waals surface area (Å²) >= 11 is 1.01. The molecule has 1 aliphatic heterocycles. The third-order valence-corrected chi connectivity index (χ3v) is 5.25. The summed E-state index contributed by atoms with van der Waals surface area (Å²) in [5.74, 6) is 0.682. The number of imide groups is 1. The number of hydrogen-bond donors (Lipinski definition) is 2. The Morgan fingerprint density at radius 1 is 1.10 bits per heavy atom. The standard InChI is InChI=1S/C20H18N6O3S/c27-18-13-30-20(29)25(18)12-14-2-4-16(5-3-14)24-19(28)22-11-15-6-8-21-17(10-15)26-9-1-7-23-26/h1-10H,11-13H2,(H2,22,24,28). The van der Waals surface area contributed by atoms with Crippen LogP contribution in [0.5, 0.6) is 0 Å². The van der Waals surface area contributed by atoms with Crippen LogP contribution >= 0.6 is 11.8 Å². The molecule has 9 nitrogen and oxygen atoms in total. The quantitative estimate of drug-likeness (QED) is 0.632. The number of carbonyl (C=O) groups is 3. The van der Waals surface area contributed by atoms with Gasteiger partial charge in [0.15, 0.2) is 5.82 Å². The van der Waals surface area contributed by atoms with Crippen LogP contribution in [0.15, 0.2) is 61.1 Å². The van der Waals surface area contributed by atoms with Crippen molar-refractivity contribution >= 4 is 34.6 Å². The van der Waals surface area contributed by atoms with Crippen LogP contribution in [0.1, 0.15) is 11.1 Å². The first-order valence-corrected chi connectivity index (χ1v) is 10.1. The minimum atomic E-state index is -0.346. The molecule has 3 aromatic rings. The summed E-state index contributed by atoms with van der Waals surface area (Å²) in [7, 11) is 0. The van der Waals surface area contributed by atoms with Crippen LogP contribution in [-0.2, 0) is 17.9 Å². The molecule has 3 heterocycles. The molecule has 0 unspecified atom stereocenters. The minimum absolute atomic E-state index is 0.182. The van der Waals surface area contributed by atoms with Gasteiger partial charge in [-0.1, -0.05) is 23.9 Å². The first kappa shape index (κ1) is 19.6. The fraction of sp³-hybridized carbons (Fsp3) is 0.150. The van der Waals surface area contributed by atoms with Gasteiger partial charge in [0.2, 0.25) is 5.91 Å². The molecule has 1 aromatic carbocycles. The number of nitrogens with one attached hydrogen (secondary N) is 2. The van der Waals surface area contributed by atoms with Gasteiger partial charge in [0.25, 0.3) is 5.24 Å². The zero-order valence-electron chi connectivity index (χ0n) is 15.8. The molecule has 0 bridgehead atoms. The molecule has 0 atom stereocenters. The second-order valence-electron chi connectivity index (χ2n) is 6.51. The number of thioether (sulfide) groups is 1. The van der Waals surface area contributed by atoms with Gasteiger partial charge in [-0.2, -0.15) is 5.10 Å². The van der Waals surface area contributed by atoms with E-state index in [1.165, 1.54) is 4.90 Å². The van der Waals surface area contributed by atoms with E-state index < -0.39 is 0 Å². The molecule has 4 rings (SSSR count). The fourth-order valence-electron chi connectivity index (χ4n) is 2.87. The SMILES string of the molecule is O=C(NCc1ccnc(-n2cccn2)c1)Nc1ccc(CN2C(=O)CSC2=O)cc1.